The number of rotatable bonds is 5. The Bertz CT molecular complexity index is 517. The third-order valence-electron chi connectivity index (χ3n) is 2.82. The summed E-state index contributed by atoms with van der Waals surface area (Å²) in [6, 6.07) is 9.54. The number of primary amides is 1. The maximum absolute atomic E-state index is 10.7. The molecular formula is C13H16N2O3. The van der Waals surface area contributed by atoms with Gasteiger partial charge in [0.05, 0.1) is 6.04 Å². The van der Waals surface area contributed by atoms with Crippen LogP contribution in [0.3, 0.4) is 0 Å². The van der Waals surface area contributed by atoms with Gasteiger partial charge >= 0.3 is 0 Å². The smallest absolute Gasteiger partial charge is 0.247 e. The predicted molar refractivity (Wildman–Crippen MR) is 67.8 cm³/mol. The summed E-state index contributed by atoms with van der Waals surface area (Å²) in [5, 5.41) is 13.3. The third-order valence-corrected chi connectivity index (χ3v) is 2.82. The van der Waals surface area contributed by atoms with Crippen LogP contribution in [0.15, 0.2) is 34.7 Å². The summed E-state index contributed by atoms with van der Waals surface area (Å²) in [5.41, 5.74) is 5.79. The van der Waals surface area contributed by atoms with Crippen molar-refractivity contribution in [1.29, 1.82) is 0 Å². The van der Waals surface area contributed by atoms with E-state index >= 15 is 0 Å². The minimum absolute atomic E-state index is 0.105. The van der Waals surface area contributed by atoms with Crippen molar-refractivity contribution in [1.82, 2.24) is 5.32 Å². The van der Waals surface area contributed by atoms with Gasteiger partial charge in [0.1, 0.15) is 17.4 Å². The van der Waals surface area contributed by atoms with E-state index in [0.29, 0.717) is 0 Å². The van der Waals surface area contributed by atoms with Gasteiger partial charge in [0.2, 0.25) is 5.91 Å². The van der Waals surface area contributed by atoms with Gasteiger partial charge < -0.3 is 20.6 Å². The molecule has 0 aliphatic rings. The van der Waals surface area contributed by atoms with Crippen molar-refractivity contribution in [3.8, 4) is 0 Å². The van der Waals surface area contributed by atoms with Crippen molar-refractivity contribution in [2.24, 2.45) is 5.73 Å². The van der Waals surface area contributed by atoms with E-state index in [9.17, 15) is 9.90 Å². The first-order valence-electron chi connectivity index (χ1n) is 5.77. The molecule has 1 amide bonds. The molecule has 5 nitrogen and oxygen atoms in total. The van der Waals surface area contributed by atoms with E-state index in [1.54, 1.807) is 0 Å². The Hall–Kier alpha value is -1.85. The molecule has 0 saturated carbocycles. The number of furan rings is 1. The second-order valence-electron chi connectivity index (χ2n) is 4.23. The number of aliphatic hydroxyl groups excluding tert-OH is 1. The number of carbonyl (C=O) groups is 1. The average Bonchev–Trinajstić information content (AvgIpc) is 2.79. The molecule has 0 aliphatic carbocycles. The maximum Gasteiger partial charge on any atom is 0.247 e. The van der Waals surface area contributed by atoms with Gasteiger partial charge in [0, 0.05) is 11.9 Å². The van der Waals surface area contributed by atoms with Crippen molar-refractivity contribution in [2.45, 2.75) is 19.1 Å². The van der Waals surface area contributed by atoms with Gasteiger partial charge in [-0.2, -0.15) is 0 Å². The molecule has 1 heterocycles. The molecule has 0 radical (unpaired) electrons. The largest absolute Gasteiger partial charge is 0.459 e. The number of nitrogens with one attached hydrogen (secondary N) is 1. The molecule has 2 unspecified atom stereocenters. The quantitative estimate of drug-likeness (QED) is 0.734. The third kappa shape index (κ3) is 2.69. The highest BCUT2D eigenvalue weighted by Crippen LogP contribution is 2.23. The fourth-order valence-corrected chi connectivity index (χ4v) is 1.71. The molecule has 0 saturated heterocycles. The average molecular weight is 248 g/mol. The van der Waals surface area contributed by atoms with Crippen molar-refractivity contribution in [3.05, 3.63) is 36.1 Å². The van der Waals surface area contributed by atoms with E-state index in [1.165, 1.54) is 0 Å². The second-order valence-corrected chi connectivity index (χ2v) is 4.23. The van der Waals surface area contributed by atoms with Gasteiger partial charge in [-0.05, 0) is 19.1 Å². The van der Waals surface area contributed by atoms with E-state index in [4.69, 9.17) is 10.2 Å². The zero-order valence-corrected chi connectivity index (χ0v) is 10.1. The van der Waals surface area contributed by atoms with Crippen molar-refractivity contribution < 1.29 is 14.3 Å². The fraction of sp³-hybridized carbons (Fsp3) is 0.308. The highest BCUT2D eigenvalue weighted by Gasteiger charge is 2.15. The molecule has 5 heteroatoms. The summed E-state index contributed by atoms with van der Waals surface area (Å²) < 4.78 is 5.66. The Labute approximate surface area is 105 Å². The van der Waals surface area contributed by atoms with Crippen LogP contribution >= 0.6 is 0 Å². The highest BCUT2D eigenvalue weighted by atomic mass is 16.3. The highest BCUT2D eigenvalue weighted by molar-refractivity contribution is 5.79. The lowest BCUT2D eigenvalue weighted by Gasteiger charge is -2.13. The van der Waals surface area contributed by atoms with Gasteiger partial charge in [0.15, 0.2) is 0 Å². The Kier molecular flexibility index (Phi) is 3.64. The standard InChI is InChI=1S/C13H16N2O3/c1-8(15-7-10(16)13(14)17)12-6-9-4-2-3-5-11(9)18-12/h2-6,8,10,15-16H,7H2,1H3,(H2,14,17). The van der Waals surface area contributed by atoms with Gasteiger partial charge in [-0.15, -0.1) is 0 Å². The minimum Gasteiger partial charge on any atom is -0.459 e. The molecule has 2 aromatic rings. The first-order valence-corrected chi connectivity index (χ1v) is 5.77. The molecule has 1 aromatic heterocycles. The van der Waals surface area contributed by atoms with Gasteiger partial charge in [-0.1, -0.05) is 18.2 Å². The normalized spacial score (nSPS) is 14.6. The summed E-state index contributed by atoms with van der Waals surface area (Å²) in [6.07, 6.45) is -1.18. The topological polar surface area (TPSA) is 88.5 Å². The van der Waals surface area contributed by atoms with Crippen molar-refractivity contribution in [2.75, 3.05) is 6.54 Å². The molecule has 2 atom stereocenters. The molecule has 0 bridgehead atoms. The lowest BCUT2D eigenvalue weighted by atomic mass is 10.2. The number of fused-ring (bicyclic) bond motifs is 1. The lowest BCUT2D eigenvalue weighted by molar-refractivity contribution is -0.125. The summed E-state index contributed by atoms with van der Waals surface area (Å²) in [6.45, 7) is 2.00. The molecule has 2 rings (SSSR count). The van der Waals surface area contributed by atoms with E-state index in [-0.39, 0.29) is 12.6 Å². The molecule has 1 aromatic carbocycles. The summed E-state index contributed by atoms with van der Waals surface area (Å²) >= 11 is 0. The number of nitrogens with two attached hydrogens (primary N) is 1. The monoisotopic (exact) mass is 248 g/mol. The van der Waals surface area contributed by atoms with Gasteiger partial charge in [0.25, 0.3) is 0 Å². The van der Waals surface area contributed by atoms with Crippen LogP contribution < -0.4 is 11.1 Å². The SMILES string of the molecule is CC(NCC(O)C(N)=O)c1cc2ccccc2o1. The van der Waals surface area contributed by atoms with Crippen LogP contribution in [0.1, 0.15) is 18.7 Å². The number of hydrogen-bond donors (Lipinski definition) is 3. The second kappa shape index (κ2) is 5.20. The number of amides is 1. The Morgan fingerprint density at radius 1 is 1.50 bits per heavy atom. The van der Waals surface area contributed by atoms with Crippen LogP contribution in [0.4, 0.5) is 0 Å². The fourth-order valence-electron chi connectivity index (χ4n) is 1.71. The van der Waals surface area contributed by atoms with Gasteiger partial charge in [-0.3, -0.25) is 4.79 Å². The number of carbonyl (C=O) groups excluding carboxylic acids is 1. The summed E-state index contributed by atoms with van der Waals surface area (Å²) in [4.78, 5) is 10.7. The first-order chi connectivity index (χ1) is 8.58. The number of para-hydroxylation sites is 1. The molecule has 4 N–H and O–H groups in total. The number of aliphatic hydroxyl groups is 1. The van der Waals surface area contributed by atoms with Crippen molar-refractivity contribution in [3.63, 3.8) is 0 Å². The van der Waals surface area contributed by atoms with Crippen molar-refractivity contribution >= 4 is 16.9 Å². The molecular weight excluding hydrogens is 232 g/mol. The molecule has 0 spiro atoms. The molecule has 18 heavy (non-hydrogen) atoms. The lowest BCUT2D eigenvalue weighted by Crippen LogP contribution is -2.38. The van der Waals surface area contributed by atoms with Crippen LogP contribution in [0.25, 0.3) is 11.0 Å². The van der Waals surface area contributed by atoms with Crippen LogP contribution in [0.5, 0.6) is 0 Å². The number of hydrogen-bond acceptors (Lipinski definition) is 4. The van der Waals surface area contributed by atoms with E-state index in [0.717, 1.165) is 16.7 Å². The molecule has 96 valence electrons. The van der Waals surface area contributed by atoms with Crippen LogP contribution in [-0.2, 0) is 4.79 Å². The Morgan fingerprint density at radius 3 is 2.89 bits per heavy atom. The van der Waals surface area contributed by atoms with E-state index in [1.807, 2.05) is 37.3 Å². The molecule has 0 aliphatic heterocycles. The van der Waals surface area contributed by atoms with E-state index in [2.05, 4.69) is 5.32 Å². The molecule has 0 fully saturated rings. The summed E-state index contributed by atoms with van der Waals surface area (Å²) in [7, 11) is 0. The minimum atomic E-state index is -1.18. The Balaban J connectivity index is 2.04. The summed E-state index contributed by atoms with van der Waals surface area (Å²) in [5.74, 6) is 0.0205. The van der Waals surface area contributed by atoms with Crippen LogP contribution in [-0.4, -0.2) is 23.7 Å². The van der Waals surface area contributed by atoms with Gasteiger partial charge in [-0.25, -0.2) is 0 Å². The Morgan fingerprint density at radius 2 is 2.22 bits per heavy atom. The maximum atomic E-state index is 10.7. The van der Waals surface area contributed by atoms with E-state index < -0.39 is 12.0 Å². The zero-order chi connectivity index (χ0) is 13.1. The first kappa shape index (κ1) is 12.6. The number of benzene rings is 1. The predicted octanol–water partition coefficient (Wildman–Crippen LogP) is 0.930. The zero-order valence-electron chi connectivity index (χ0n) is 10.1. The van der Waals surface area contributed by atoms with Crippen LogP contribution in [0, 0.1) is 0 Å². The van der Waals surface area contributed by atoms with Crippen LogP contribution in [0.2, 0.25) is 0 Å².